The Morgan fingerprint density at radius 3 is 1.54 bits per heavy atom. The van der Waals surface area contributed by atoms with E-state index in [0.717, 1.165) is 0 Å². The van der Waals surface area contributed by atoms with Gasteiger partial charge in [0.05, 0.1) is 51.5 Å². The number of hydrogen-bond donors (Lipinski definition) is 1. The molecule has 192 valence electrons. The van der Waals surface area contributed by atoms with Gasteiger partial charge in [0.2, 0.25) is 5.75 Å². The van der Waals surface area contributed by atoms with Crippen LogP contribution < -0.4 is 19.5 Å². The van der Waals surface area contributed by atoms with Crippen LogP contribution in [0.4, 0.5) is 11.5 Å². The Kier molecular flexibility index (Phi) is 8.69. The molecule has 1 N–H and O–H groups in total. The van der Waals surface area contributed by atoms with Gasteiger partial charge in [-0.25, -0.2) is 0 Å². The Labute approximate surface area is 243 Å². The van der Waals surface area contributed by atoms with Crippen LogP contribution in [0.3, 0.4) is 0 Å². The molecule has 4 aromatic rings. The molecule has 12 heteroatoms. The summed E-state index contributed by atoms with van der Waals surface area (Å²) < 4.78 is 16.3. The fourth-order valence-electron chi connectivity index (χ4n) is 3.59. The van der Waals surface area contributed by atoms with Gasteiger partial charge in [0, 0.05) is 28.9 Å². The topological polar surface area (TPSA) is 65.5 Å². The lowest BCUT2D eigenvalue weighted by molar-refractivity contribution is 0.324. The first kappa shape index (κ1) is 27.7. The molecule has 3 aromatic carbocycles. The summed E-state index contributed by atoms with van der Waals surface area (Å²) in [6.45, 7) is 0. The lowest BCUT2D eigenvalue weighted by Gasteiger charge is -2.16. The van der Waals surface area contributed by atoms with Gasteiger partial charge in [0.1, 0.15) is 5.69 Å². The van der Waals surface area contributed by atoms with Gasteiger partial charge in [-0.05, 0) is 35.9 Å². The molecule has 0 spiro atoms. The first-order valence-corrected chi connectivity index (χ1v) is 12.7. The van der Waals surface area contributed by atoms with Crippen LogP contribution in [-0.4, -0.2) is 31.5 Å². The zero-order valence-electron chi connectivity index (χ0n) is 19.4. The molecule has 6 nitrogen and oxygen atoms in total. The Morgan fingerprint density at radius 1 is 0.595 bits per heavy atom. The largest absolute Gasteiger partial charge is 0.493 e. The zero-order valence-corrected chi connectivity index (χ0v) is 24.0. The van der Waals surface area contributed by atoms with E-state index in [0.29, 0.717) is 51.1 Å². The lowest BCUT2D eigenvalue weighted by Crippen LogP contribution is -2.01. The molecule has 0 aliphatic carbocycles. The van der Waals surface area contributed by atoms with Gasteiger partial charge >= 0.3 is 0 Å². The normalized spacial score (nSPS) is 10.8. The van der Waals surface area contributed by atoms with Crippen molar-refractivity contribution < 1.29 is 14.2 Å². The number of benzene rings is 3. The third kappa shape index (κ3) is 5.75. The highest BCUT2D eigenvalue weighted by molar-refractivity contribution is 6.49. The van der Waals surface area contributed by atoms with Gasteiger partial charge in [0.25, 0.3) is 0 Å². The summed E-state index contributed by atoms with van der Waals surface area (Å²) in [6, 6.07) is 11.9. The second-order valence-electron chi connectivity index (χ2n) is 7.54. The number of halogens is 6. The maximum absolute atomic E-state index is 6.34. The minimum atomic E-state index is 0.236. The highest BCUT2D eigenvalue weighted by atomic mass is 35.5. The van der Waals surface area contributed by atoms with Crippen molar-refractivity contribution in [2.45, 2.75) is 0 Å². The average Bonchev–Trinajstić information content (AvgIpc) is 2.89. The van der Waals surface area contributed by atoms with Crippen molar-refractivity contribution in [3.8, 4) is 39.6 Å². The minimum absolute atomic E-state index is 0.236. The highest BCUT2D eigenvalue weighted by Crippen LogP contribution is 2.43. The number of aromatic nitrogens is 2. The third-order valence-corrected chi connectivity index (χ3v) is 7.68. The fraction of sp³-hybridized carbons (Fsp3) is 0.120. The predicted molar refractivity (Wildman–Crippen MR) is 152 cm³/mol. The van der Waals surface area contributed by atoms with E-state index < -0.39 is 0 Å². The summed E-state index contributed by atoms with van der Waals surface area (Å²) in [5.74, 6) is 1.80. The fourth-order valence-corrected chi connectivity index (χ4v) is 4.78. The van der Waals surface area contributed by atoms with E-state index >= 15 is 0 Å². The molecule has 0 atom stereocenters. The predicted octanol–water partition coefficient (Wildman–Crippen LogP) is 9.50. The van der Waals surface area contributed by atoms with Crippen molar-refractivity contribution in [2.24, 2.45) is 0 Å². The van der Waals surface area contributed by atoms with E-state index in [1.807, 2.05) is 0 Å². The highest BCUT2D eigenvalue weighted by Gasteiger charge is 2.19. The molecule has 0 unspecified atom stereocenters. The molecule has 0 amide bonds. The van der Waals surface area contributed by atoms with Gasteiger partial charge in [-0.1, -0.05) is 69.6 Å². The number of nitrogens with one attached hydrogen (secondary N) is 1. The summed E-state index contributed by atoms with van der Waals surface area (Å²) in [5, 5.41) is 13.6. The van der Waals surface area contributed by atoms with E-state index in [-0.39, 0.29) is 30.1 Å². The van der Waals surface area contributed by atoms with E-state index in [9.17, 15) is 0 Å². The Balaban J connectivity index is 1.88. The summed E-state index contributed by atoms with van der Waals surface area (Å²) in [4.78, 5) is 0. The maximum atomic E-state index is 6.34. The minimum Gasteiger partial charge on any atom is -0.493 e. The number of rotatable bonds is 7. The summed E-state index contributed by atoms with van der Waals surface area (Å²) in [7, 11) is 4.59. The summed E-state index contributed by atoms with van der Waals surface area (Å²) in [5.41, 5.74) is 2.93. The van der Waals surface area contributed by atoms with Crippen LogP contribution in [0.1, 0.15) is 0 Å². The lowest BCUT2D eigenvalue weighted by atomic mass is 10.00. The molecule has 4 rings (SSSR count). The van der Waals surface area contributed by atoms with Gasteiger partial charge in [-0.2, -0.15) is 0 Å². The van der Waals surface area contributed by atoms with Gasteiger partial charge < -0.3 is 19.5 Å². The molecule has 1 heterocycles. The number of hydrogen-bond acceptors (Lipinski definition) is 6. The standard InChI is InChI=1S/C25H17Cl6N3O3/c1-35-19-8-13(9-20(36-2)25(19)37-3)32-21-10-14(11-4-15(26)22(30)16(27)5-11)24(34-33-21)12-6-17(28)23(31)18(29)7-12/h4-10H,1-3H3,(H,32,33). The van der Waals surface area contributed by atoms with Crippen molar-refractivity contribution in [3.63, 3.8) is 0 Å². The van der Waals surface area contributed by atoms with Crippen molar-refractivity contribution >= 4 is 81.1 Å². The molecule has 0 saturated carbocycles. The van der Waals surface area contributed by atoms with Gasteiger partial charge in [0.15, 0.2) is 17.3 Å². The van der Waals surface area contributed by atoms with Gasteiger partial charge in [-0.15, -0.1) is 10.2 Å². The molecule has 37 heavy (non-hydrogen) atoms. The van der Waals surface area contributed by atoms with E-state index in [1.165, 1.54) is 21.3 Å². The third-order valence-electron chi connectivity index (χ3n) is 5.28. The Hall–Kier alpha value is -2.32. The number of nitrogens with zero attached hydrogens (tertiary/aromatic N) is 2. The first-order valence-electron chi connectivity index (χ1n) is 10.4. The van der Waals surface area contributed by atoms with Crippen LogP contribution >= 0.6 is 69.6 Å². The second-order valence-corrected chi connectivity index (χ2v) is 9.92. The molecule has 0 radical (unpaired) electrons. The molecule has 0 fully saturated rings. The Morgan fingerprint density at radius 2 is 1.08 bits per heavy atom. The molecule has 1 aromatic heterocycles. The molecule has 0 bridgehead atoms. The monoisotopic (exact) mass is 617 g/mol. The summed E-state index contributed by atoms with van der Waals surface area (Å²) in [6.07, 6.45) is 0. The SMILES string of the molecule is COc1cc(Nc2cc(-c3cc(Cl)c(Cl)c(Cl)c3)c(-c3cc(Cl)c(Cl)c(Cl)c3)nn2)cc(OC)c1OC. The summed E-state index contributed by atoms with van der Waals surface area (Å²) >= 11 is 37.6. The zero-order chi connectivity index (χ0) is 26.9. The van der Waals surface area contributed by atoms with Gasteiger partial charge in [-0.3, -0.25) is 0 Å². The Bertz CT molecular complexity index is 1430. The van der Waals surface area contributed by atoms with Crippen molar-refractivity contribution in [2.75, 3.05) is 26.6 Å². The molecular weight excluding hydrogens is 603 g/mol. The average molecular weight is 620 g/mol. The van der Waals surface area contributed by atoms with Crippen LogP contribution in [0.15, 0.2) is 42.5 Å². The van der Waals surface area contributed by atoms with E-state index in [2.05, 4.69) is 15.5 Å². The number of methoxy groups -OCH3 is 3. The molecule has 0 aliphatic rings. The van der Waals surface area contributed by atoms with Crippen molar-refractivity contribution in [1.29, 1.82) is 0 Å². The maximum Gasteiger partial charge on any atom is 0.203 e. The van der Waals surface area contributed by atoms with Crippen LogP contribution in [0.2, 0.25) is 30.1 Å². The second kappa shape index (κ2) is 11.6. The number of ether oxygens (including phenoxy) is 3. The van der Waals surface area contributed by atoms with Crippen molar-refractivity contribution in [1.82, 2.24) is 10.2 Å². The first-order chi connectivity index (χ1) is 17.7. The number of anilines is 2. The molecule has 0 saturated heterocycles. The van der Waals surface area contributed by atoms with Crippen LogP contribution in [0.25, 0.3) is 22.4 Å². The van der Waals surface area contributed by atoms with E-state index in [4.69, 9.17) is 83.8 Å². The van der Waals surface area contributed by atoms with Crippen LogP contribution in [-0.2, 0) is 0 Å². The molecule has 0 aliphatic heterocycles. The quantitative estimate of drug-likeness (QED) is 0.208. The van der Waals surface area contributed by atoms with Crippen LogP contribution in [0.5, 0.6) is 17.2 Å². The van der Waals surface area contributed by atoms with Crippen LogP contribution in [0, 0.1) is 0 Å². The smallest absolute Gasteiger partial charge is 0.203 e. The van der Waals surface area contributed by atoms with E-state index in [1.54, 1.807) is 42.5 Å². The van der Waals surface area contributed by atoms with Crippen molar-refractivity contribution in [3.05, 3.63) is 72.6 Å². The molecular formula is C25H17Cl6N3O3.